The molecule has 0 fully saturated rings. The molecule has 2 aromatic rings. The second-order valence-electron chi connectivity index (χ2n) is 5.81. The molecular formula is C19H21F2NO2. The highest BCUT2D eigenvalue weighted by Crippen LogP contribution is 2.25. The molecular weight excluding hydrogens is 312 g/mol. The molecule has 0 aliphatic carbocycles. The van der Waals surface area contributed by atoms with E-state index in [0.29, 0.717) is 12.1 Å². The van der Waals surface area contributed by atoms with Crippen molar-refractivity contribution in [3.8, 4) is 5.75 Å². The van der Waals surface area contributed by atoms with Crippen LogP contribution < -0.4 is 9.64 Å². The van der Waals surface area contributed by atoms with Gasteiger partial charge in [0.15, 0.2) is 11.6 Å². The predicted molar refractivity (Wildman–Crippen MR) is 90.3 cm³/mol. The van der Waals surface area contributed by atoms with Crippen LogP contribution >= 0.6 is 0 Å². The Bertz CT molecular complexity index is 716. The summed E-state index contributed by atoms with van der Waals surface area (Å²) < 4.78 is 32.0. The third kappa shape index (κ3) is 4.31. The summed E-state index contributed by atoms with van der Waals surface area (Å²) in [5.74, 6) is -0.843. The standard InChI is InChI=1S/C19H21F2NO2/c1-13(2)22(16-8-9-18(24-3)17(21)12-16)19(23)10-7-14-5-4-6-15(20)11-14/h4-6,8-9,11-13H,7,10H2,1-3H3. The van der Waals surface area contributed by atoms with Crippen molar-refractivity contribution in [2.24, 2.45) is 0 Å². The van der Waals surface area contributed by atoms with E-state index in [-0.39, 0.29) is 29.9 Å². The zero-order valence-corrected chi connectivity index (χ0v) is 14.1. The van der Waals surface area contributed by atoms with Gasteiger partial charge in [0.05, 0.1) is 7.11 Å². The molecule has 5 heteroatoms. The number of rotatable bonds is 6. The average Bonchev–Trinajstić information content (AvgIpc) is 2.53. The lowest BCUT2D eigenvalue weighted by molar-refractivity contribution is -0.118. The molecule has 24 heavy (non-hydrogen) atoms. The molecule has 0 unspecified atom stereocenters. The minimum atomic E-state index is -0.515. The summed E-state index contributed by atoms with van der Waals surface area (Å²) in [4.78, 5) is 14.1. The maximum absolute atomic E-state index is 13.9. The van der Waals surface area contributed by atoms with E-state index in [1.165, 1.54) is 31.4 Å². The summed E-state index contributed by atoms with van der Waals surface area (Å²) in [6.07, 6.45) is 0.647. The third-order valence-electron chi connectivity index (χ3n) is 3.72. The van der Waals surface area contributed by atoms with Crippen LogP contribution in [0.4, 0.5) is 14.5 Å². The number of methoxy groups -OCH3 is 1. The smallest absolute Gasteiger partial charge is 0.227 e. The second kappa shape index (κ2) is 7.90. The van der Waals surface area contributed by atoms with Crippen molar-refractivity contribution in [3.05, 3.63) is 59.7 Å². The van der Waals surface area contributed by atoms with Crippen molar-refractivity contribution in [1.29, 1.82) is 0 Å². The Morgan fingerprint density at radius 2 is 1.92 bits per heavy atom. The van der Waals surface area contributed by atoms with E-state index in [4.69, 9.17) is 4.74 Å². The highest BCUT2D eigenvalue weighted by Gasteiger charge is 2.20. The Morgan fingerprint density at radius 1 is 1.17 bits per heavy atom. The first kappa shape index (κ1) is 17.9. The first-order chi connectivity index (χ1) is 11.4. The predicted octanol–water partition coefficient (Wildman–Crippen LogP) is 4.35. The number of aryl methyl sites for hydroxylation is 1. The van der Waals surface area contributed by atoms with Crippen LogP contribution in [0.3, 0.4) is 0 Å². The normalized spacial score (nSPS) is 10.8. The Kier molecular flexibility index (Phi) is 5.90. The lowest BCUT2D eigenvalue weighted by atomic mass is 10.1. The number of carbonyl (C=O) groups excluding carboxylic acids is 1. The topological polar surface area (TPSA) is 29.5 Å². The van der Waals surface area contributed by atoms with Gasteiger partial charge in [-0.1, -0.05) is 12.1 Å². The van der Waals surface area contributed by atoms with Gasteiger partial charge in [-0.05, 0) is 50.1 Å². The minimum absolute atomic E-state index is 0.127. The van der Waals surface area contributed by atoms with E-state index in [1.807, 2.05) is 13.8 Å². The zero-order chi connectivity index (χ0) is 17.7. The second-order valence-corrected chi connectivity index (χ2v) is 5.81. The summed E-state index contributed by atoms with van der Waals surface area (Å²) in [5.41, 5.74) is 1.24. The summed E-state index contributed by atoms with van der Waals surface area (Å²) in [6, 6.07) is 10.5. The molecule has 0 saturated carbocycles. The number of anilines is 1. The van der Waals surface area contributed by atoms with Crippen molar-refractivity contribution in [1.82, 2.24) is 0 Å². The highest BCUT2D eigenvalue weighted by molar-refractivity contribution is 5.94. The third-order valence-corrected chi connectivity index (χ3v) is 3.72. The Balaban J connectivity index is 2.14. The maximum atomic E-state index is 13.9. The quantitative estimate of drug-likeness (QED) is 0.787. The van der Waals surface area contributed by atoms with Gasteiger partial charge >= 0.3 is 0 Å². The van der Waals surface area contributed by atoms with Crippen LogP contribution in [0.15, 0.2) is 42.5 Å². The summed E-state index contributed by atoms with van der Waals surface area (Å²) in [5, 5.41) is 0. The van der Waals surface area contributed by atoms with Crippen molar-refractivity contribution in [2.75, 3.05) is 12.0 Å². The molecule has 0 aliphatic rings. The summed E-state index contributed by atoms with van der Waals surface area (Å²) >= 11 is 0. The van der Waals surface area contributed by atoms with Crippen molar-refractivity contribution < 1.29 is 18.3 Å². The Hall–Kier alpha value is -2.43. The van der Waals surface area contributed by atoms with Gasteiger partial charge < -0.3 is 9.64 Å². The minimum Gasteiger partial charge on any atom is -0.494 e. The first-order valence-electron chi connectivity index (χ1n) is 7.82. The molecule has 0 bridgehead atoms. The van der Waals surface area contributed by atoms with Gasteiger partial charge in [0.2, 0.25) is 5.91 Å². The van der Waals surface area contributed by atoms with Gasteiger partial charge in [0.25, 0.3) is 0 Å². The zero-order valence-electron chi connectivity index (χ0n) is 14.1. The lowest BCUT2D eigenvalue weighted by Gasteiger charge is -2.27. The molecule has 2 aromatic carbocycles. The van der Waals surface area contributed by atoms with Gasteiger partial charge in [0, 0.05) is 24.2 Å². The van der Waals surface area contributed by atoms with Crippen LogP contribution in [0.1, 0.15) is 25.8 Å². The Morgan fingerprint density at radius 3 is 2.50 bits per heavy atom. The van der Waals surface area contributed by atoms with Crippen LogP contribution in [-0.2, 0) is 11.2 Å². The van der Waals surface area contributed by atoms with Crippen molar-refractivity contribution in [2.45, 2.75) is 32.7 Å². The van der Waals surface area contributed by atoms with Crippen LogP contribution in [0.2, 0.25) is 0 Å². The molecule has 0 radical (unpaired) electrons. The van der Waals surface area contributed by atoms with E-state index in [1.54, 1.807) is 23.1 Å². The molecule has 128 valence electrons. The number of hydrogen-bond acceptors (Lipinski definition) is 2. The molecule has 3 nitrogen and oxygen atoms in total. The SMILES string of the molecule is COc1ccc(N(C(=O)CCc2cccc(F)c2)C(C)C)cc1F. The molecule has 2 rings (SSSR count). The van der Waals surface area contributed by atoms with E-state index in [0.717, 1.165) is 5.56 Å². The molecule has 0 N–H and O–H groups in total. The summed E-state index contributed by atoms with van der Waals surface area (Å²) in [7, 11) is 1.39. The average molecular weight is 333 g/mol. The van der Waals surface area contributed by atoms with Crippen molar-refractivity contribution in [3.63, 3.8) is 0 Å². The highest BCUT2D eigenvalue weighted by atomic mass is 19.1. The number of halogens is 2. The van der Waals surface area contributed by atoms with Gasteiger partial charge in [-0.2, -0.15) is 0 Å². The molecule has 1 amide bonds. The van der Waals surface area contributed by atoms with E-state index >= 15 is 0 Å². The number of ether oxygens (including phenoxy) is 1. The fourth-order valence-corrected chi connectivity index (χ4v) is 2.60. The summed E-state index contributed by atoms with van der Waals surface area (Å²) in [6.45, 7) is 3.73. The molecule has 0 saturated heterocycles. The van der Waals surface area contributed by atoms with E-state index in [2.05, 4.69) is 0 Å². The molecule has 0 aliphatic heterocycles. The number of amides is 1. The number of hydrogen-bond donors (Lipinski definition) is 0. The monoisotopic (exact) mass is 333 g/mol. The lowest BCUT2D eigenvalue weighted by Crippen LogP contribution is -2.37. The number of carbonyl (C=O) groups is 1. The molecule has 0 aromatic heterocycles. The van der Waals surface area contributed by atoms with Gasteiger partial charge in [0.1, 0.15) is 5.82 Å². The fourth-order valence-electron chi connectivity index (χ4n) is 2.60. The Labute approximate surface area is 140 Å². The van der Waals surface area contributed by atoms with Crippen LogP contribution in [0, 0.1) is 11.6 Å². The molecule has 0 atom stereocenters. The van der Waals surface area contributed by atoms with Crippen LogP contribution in [0.5, 0.6) is 5.75 Å². The van der Waals surface area contributed by atoms with Crippen LogP contribution in [-0.4, -0.2) is 19.1 Å². The van der Waals surface area contributed by atoms with E-state index < -0.39 is 5.82 Å². The van der Waals surface area contributed by atoms with Gasteiger partial charge in [-0.15, -0.1) is 0 Å². The maximum Gasteiger partial charge on any atom is 0.227 e. The van der Waals surface area contributed by atoms with E-state index in [9.17, 15) is 13.6 Å². The first-order valence-corrected chi connectivity index (χ1v) is 7.82. The van der Waals surface area contributed by atoms with Gasteiger partial charge in [-0.25, -0.2) is 8.78 Å². The largest absolute Gasteiger partial charge is 0.494 e. The van der Waals surface area contributed by atoms with Crippen LogP contribution in [0.25, 0.3) is 0 Å². The molecule has 0 spiro atoms. The van der Waals surface area contributed by atoms with Crippen molar-refractivity contribution >= 4 is 11.6 Å². The van der Waals surface area contributed by atoms with Gasteiger partial charge in [-0.3, -0.25) is 4.79 Å². The fraction of sp³-hybridized carbons (Fsp3) is 0.316. The number of nitrogens with zero attached hydrogens (tertiary/aromatic N) is 1. The number of benzene rings is 2. The molecule has 0 heterocycles.